The van der Waals surface area contributed by atoms with Gasteiger partial charge in [0.15, 0.2) is 6.23 Å². The number of ether oxygens (including phenoxy) is 2. The van der Waals surface area contributed by atoms with Crippen molar-refractivity contribution < 1.29 is 14.3 Å². The predicted octanol–water partition coefficient (Wildman–Crippen LogP) is 1.78. The van der Waals surface area contributed by atoms with Crippen molar-refractivity contribution in [2.45, 2.75) is 51.4 Å². The second-order valence-corrected chi connectivity index (χ2v) is 3.83. The lowest BCUT2D eigenvalue weighted by Gasteiger charge is -2.23. The lowest BCUT2D eigenvalue weighted by molar-refractivity contribution is -0.0351. The monoisotopic (exact) mass is 187 g/mol. The summed E-state index contributed by atoms with van der Waals surface area (Å²) in [6, 6.07) is 0. The van der Waals surface area contributed by atoms with Gasteiger partial charge in [-0.2, -0.15) is 0 Å². The van der Waals surface area contributed by atoms with Gasteiger partial charge in [0, 0.05) is 0 Å². The van der Waals surface area contributed by atoms with E-state index < -0.39 is 12.4 Å². The first kappa shape index (κ1) is 10.3. The first-order valence-corrected chi connectivity index (χ1v) is 4.67. The van der Waals surface area contributed by atoms with Gasteiger partial charge >= 0.3 is 6.16 Å². The van der Waals surface area contributed by atoms with Crippen LogP contribution in [0.1, 0.15) is 39.5 Å². The van der Waals surface area contributed by atoms with Gasteiger partial charge < -0.3 is 9.47 Å². The third-order valence-electron chi connectivity index (χ3n) is 2.27. The Bertz CT molecular complexity index is 185. The predicted molar refractivity (Wildman–Crippen MR) is 48.1 cm³/mol. The number of carbonyl (C=O) groups is 1. The van der Waals surface area contributed by atoms with Gasteiger partial charge in [0.05, 0.1) is 0 Å². The Morgan fingerprint density at radius 1 is 1.46 bits per heavy atom. The molecule has 2 N–H and O–H groups in total. The van der Waals surface area contributed by atoms with Crippen molar-refractivity contribution in [2.24, 2.45) is 5.73 Å². The van der Waals surface area contributed by atoms with E-state index in [4.69, 9.17) is 15.2 Å². The third kappa shape index (κ3) is 3.22. The van der Waals surface area contributed by atoms with Crippen LogP contribution in [-0.4, -0.2) is 18.0 Å². The highest BCUT2D eigenvalue weighted by Crippen LogP contribution is 2.32. The fraction of sp³-hybridized carbons (Fsp3) is 0.889. The molecule has 1 unspecified atom stereocenters. The highest BCUT2D eigenvalue weighted by molar-refractivity contribution is 5.60. The van der Waals surface area contributed by atoms with Gasteiger partial charge in [0.1, 0.15) is 5.60 Å². The van der Waals surface area contributed by atoms with Crippen LogP contribution < -0.4 is 5.73 Å². The summed E-state index contributed by atoms with van der Waals surface area (Å²) in [6.07, 6.45) is 2.81. The lowest BCUT2D eigenvalue weighted by Crippen LogP contribution is -2.32. The van der Waals surface area contributed by atoms with Gasteiger partial charge in [-0.15, -0.1) is 0 Å². The van der Waals surface area contributed by atoms with E-state index in [2.05, 4.69) is 0 Å². The van der Waals surface area contributed by atoms with Gasteiger partial charge in [0.2, 0.25) is 0 Å². The molecule has 0 aliphatic heterocycles. The molecule has 13 heavy (non-hydrogen) atoms. The zero-order chi connectivity index (χ0) is 9.90. The number of rotatable bonds is 2. The molecule has 4 heteroatoms. The normalized spacial score (nSPS) is 22.4. The molecular formula is C9H17NO3. The van der Waals surface area contributed by atoms with Crippen LogP contribution in [0.4, 0.5) is 4.79 Å². The van der Waals surface area contributed by atoms with E-state index in [1.807, 2.05) is 6.92 Å². The largest absolute Gasteiger partial charge is 0.510 e. The Hall–Kier alpha value is -0.770. The van der Waals surface area contributed by atoms with Crippen LogP contribution in [0.3, 0.4) is 0 Å². The molecule has 0 radical (unpaired) electrons. The highest BCUT2D eigenvalue weighted by Gasteiger charge is 2.33. The molecule has 1 aliphatic rings. The first-order chi connectivity index (χ1) is 6.02. The molecule has 0 heterocycles. The van der Waals surface area contributed by atoms with Crippen molar-refractivity contribution in [2.75, 3.05) is 0 Å². The van der Waals surface area contributed by atoms with E-state index in [0.29, 0.717) is 0 Å². The van der Waals surface area contributed by atoms with Crippen LogP contribution >= 0.6 is 0 Å². The highest BCUT2D eigenvalue weighted by atomic mass is 16.7. The number of hydrogen-bond donors (Lipinski definition) is 1. The summed E-state index contributed by atoms with van der Waals surface area (Å²) in [5.74, 6) is 0. The van der Waals surface area contributed by atoms with Crippen molar-refractivity contribution in [3.8, 4) is 0 Å². The number of nitrogens with two attached hydrogens (primary N) is 1. The molecule has 1 rings (SSSR count). The van der Waals surface area contributed by atoms with Crippen molar-refractivity contribution in [1.29, 1.82) is 0 Å². The van der Waals surface area contributed by atoms with Gasteiger partial charge in [-0.05, 0) is 39.5 Å². The molecule has 1 atom stereocenters. The summed E-state index contributed by atoms with van der Waals surface area (Å²) < 4.78 is 9.86. The number of carbonyl (C=O) groups excluding carboxylic acids is 1. The molecule has 0 spiro atoms. The third-order valence-corrected chi connectivity index (χ3v) is 2.27. The molecule has 0 aromatic rings. The van der Waals surface area contributed by atoms with Gasteiger partial charge in [0.25, 0.3) is 0 Å². The van der Waals surface area contributed by atoms with Gasteiger partial charge in [-0.25, -0.2) is 4.79 Å². The zero-order valence-corrected chi connectivity index (χ0v) is 8.21. The van der Waals surface area contributed by atoms with E-state index in [-0.39, 0.29) is 5.60 Å². The zero-order valence-electron chi connectivity index (χ0n) is 8.21. The number of hydrogen-bond acceptors (Lipinski definition) is 4. The Morgan fingerprint density at radius 3 is 2.46 bits per heavy atom. The minimum absolute atomic E-state index is 0.327. The molecule has 76 valence electrons. The Balaban J connectivity index is 2.34. The molecule has 0 saturated heterocycles. The SMILES string of the molecule is CC(N)OC(=O)OC1(C)CCCC1. The molecule has 0 aromatic carbocycles. The Kier molecular flexibility index (Phi) is 3.14. The maximum absolute atomic E-state index is 11.1. The maximum atomic E-state index is 11.1. The van der Waals surface area contributed by atoms with Crippen molar-refractivity contribution in [3.05, 3.63) is 0 Å². The summed E-state index contributed by atoms with van der Waals surface area (Å²) in [5, 5.41) is 0. The average molecular weight is 187 g/mol. The maximum Gasteiger partial charge on any atom is 0.510 e. The van der Waals surface area contributed by atoms with E-state index in [1.165, 1.54) is 0 Å². The molecule has 1 fully saturated rings. The minimum atomic E-state index is -0.653. The van der Waals surface area contributed by atoms with E-state index in [9.17, 15) is 4.79 Å². The fourth-order valence-electron chi connectivity index (χ4n) is 1.60. The first-order valence-electron chi connectivity index (χ1n) is 4.67. The van der Waals surface area contributed by atoms with Crippen LogP contribution in [0.15, 0.2) is 0 Å². The summed E-state index contributed by atoms with van der Waals surface area (Å²) >= 11 is 0. The van der Waals surface area contributed by atoms with Crippen LogP contribution in [-0.2, 0) is 9.47 Å². The van der Waals surface area contributed by atoms with Crippen LogP contribution in [0, 0.1) is 0 Å². The molecule has 0 amide bonds. The van der Waals surface area contributed by atoms with E-state index in [0.717, 1.165) is 25.7 Å². The van der Waals surface area contributed by atoms with Crippen LogP contribution in [0.5, 0.6) is 0 Å². The molecule has 4 nitrogen and oxygen atoms in total. The van der Waals surface area contributed by atoms with Gasteiger partial charge in [-0.3, -0.25) is 5.73 Å². The van der Waals surface area contributed by atoms with Crippen molar-refractivity contribution >= 4 is 6.16 Å². The van der Waals surface area contributed by atoms with Crippen LogP contribution in [0.2, 0.25) is 0 Å². The van der Waals surface area contributed by atoms with Gasteiger partial charge in [-0.1, -0.05) is 0 Å². The van der Waals surface area contributed by atoms with Crippen LogP contribution in [0.25, 0.3) is 0 Å². The minimum Gasteiger partial charge on any atom is -0.428 e. The topological polar surface area (TPSA) is 61.5 Å². The smallest absolute Gasteiger partial charge is 0.428 e. The molecule has 1 saturated carbocycles. The van der Waals surface area contributed by atoms with E-state index >= 15 is 0 Å². The molecule has 1 aliphatic carbocycles. The standard InChI is InChI=1S/C9H17NO3/c1-7(10)12-8(11)13-9(2)5-3-4-6-9/h7H,3-6,10H2,1-2H3. The summed E-state index contributed by atoms with van der Waals surface area (Å²) in [6.45, 7) is 3.53. The van der Waals surface area contributed by atoms with E-state index in [1.54, 1.807) is 6.92 Å². The van der Waals surface area contributed by atoms with Crippen molar-refractivity contribution in [1.82, 2.24) is 0 Å². The molecule has 0 bridgehead atoms. The summed E-state index contributed by atoms with van der Waals surface area (Å²) in [7, 11) is 0. The fourth-order valence-corrected chi connectivity index (χ4v) is 1.60. The molecule has 0 aromatic heterocycles. The quantitative estimate of drug-likeness (QED) is 0.528. The average Bonchev–Trinajstić information content (AvgIpc) is 2.33. The Morgan fingerprint density at radius 2 is 2.00 bits per heavy atom. The van der Waals surface area contributed by atoms with Crippen molar-refractivity contribution in [3.63, 3.8) is 0 Å². The molecular weight excluding hydrogens is 170 g/mol. The second kappa shape index (κ2) is 3.96. The Labute approximate surface area is 78.4 Å². The summed E-state index contributed by atoms with van der Waals surface area (Å²) in [5.41, 5.74) is 4.96. The second-order valence-electron chi connectivity index (χ2n) is 3.83. The summed E-state index contributed by atoms with van der Waals surface area (Å²) in [4.78, 5) is 11.1. The lowest BCUT2D eigenvalue weighted by atomic mass is 10.1.